The monoisotopic (exact) mass is 482 g/mol. The van der Waals surface area contributed by atoms with Gasteiger partial charge in [0.1, 0.15) is 23.5 Å². The van der Waals surface area contributed by atoms with Crippen molar-refractivity contribution < 1.29 is 13.9 Å². The average molecular weight is 483 g/mol. The highest BCUT2D eigenvalue weighted by Crippen LogP contribution is 2.32. The van der Waals surface area contributed by atoms with Crippen LogP contribution in [-0.4, -0.2) is 58.6 Å². The van der Waals surface area contributed by atoms with Crippen molar-refractivity contribution in [1.29, 1.82) is 0 Å². The van der Waals surface area contributed by atoms with E-state index in [1.54, 1.807) is 25.1 Å². The molecule has 1 unspecified atom stereocenters. The maximum atomic E-state index is 14.0. The summed E-state index contributed by atoms with van der Waals surface area (Å²) in [5.41, 5.74) is 0.736. The SMILES string of the molecule is COc1ccc(SN2CCN(C(C)c3nc(OC4CCCC4)c4cc(F)ccc4n3)CC2)cc1. The Kier molecular flexibility index (Phi) is 7.18. The Labute approximate surface area is 204 Å². The molecule has 3 aromatic rings. The summed E-state index contributed by atoms with van der Waals surface area (Å²) >= 11 is 1.78. The first kappa shape index (κ1) is 23.3. The molecule has 1 saturated carbocycles. The summed E-state index contributed by atoms with van der Waals surface area (Å²) in [4.78, 5) is 13.2. The van der Waals surface area contributed by atoms with E-state index >= 15 is 0 Å². The topological polar surface area (TPSA) is 50.7 Å². The minimum Gasteiger partial charge on any atom is -0.497 e. The third-order valence-corrected chi connectivity index (χ3v) is 7.82. The second kappa shape index (κ2) is 10.5. The smallest absolute Gasteiger partial charge is 0.225 e. The highest BCUT2D eigenvalue weighted by atomic mass is 32.2. The van der Waals surface area contributed by atoms with Gasteiger partial charge >= 0.3 is 0 Å². The fourth-order valence-electron chi connectivity index (χ4n) is 4.66. The lowest BCUT2D eigenvalue weighted by molar-refractivity contribution is 0.144. The molecule has 1 atom stereocenters. The van der Waals surface area contributed by atoms with Gasteiger partial charge < -0.3 is 9.47 Å². The molecule has 5 rings (SSSR count). The number of fused-ring (bicyclic) bond motifs is 1. The van der Waals surface area contributed by atoms with Crippen LogP contribution in [0.4, 0.5) is 4.39 Å². The van der Waals surface area contributed by atoms with Gasteiger partial charge in [-0.25, -0.2) is 13.7 Å². The van der Waals surface area contributed by atoms with E-state index in [9.17, 15) is 4.39 Å². The van der Waals surface area contributed by atoms with Gasteiger partial charge in [-0.15, -0.1) is 0 Å². The highest BCUT2D eigenvalue weighted by Gasteiger charge is 2.26. The predicted molar refractivity (Wildman–Crippen MR) is 133 cm³/mol. The molecule has 180 valence electrons. The van der Waals surface area contributed by atoms with E-state index in [1.807, 2.05) is 12.1 Å². The van der Waals surface area contributed by atoms with Gasteiger partial charge in [0, 0.05) is 31.1 Å². The van der Waals surface area contributed by atoms with Crippen LogP contribution in [0.3, 0.4) is 0 Å². The van der Waals surface area contributed by atoms with E-state index in [4.69, 9.17) is 19.4 Å². The molecular weight excluding hydrogens is 451 g/mol. The fraction of sp³-hybridized carbons (Fsp3) is 0.462. The van der Waals surface area contributed by atoms with Crippen LogP contribution in [0.5, 0.6) is 11.6 Å². The summed E-state index contributed by atoms with van der Waals surface area (Å²) in [6.07, 6.45) is 4.55. The van der Waals surface area contributed by atoms with Gasteiger partial charge in [-0.1, -0.05) is 0 Å². The van der Waals surface area contributed by atoms with Crippen LogP contribution >= 0.6 is 11.9 Å². The van der Waals surface area contributed by atoms with Crippen LogP contribution in [0.2, 0.25) is 0 Å². The highest BCUT2D eigenvalue weighted by molar-refractivity contribution is 7.97. The Morgan fingerprint density at radius 3 is 2.44 bits per heavy atom. The van der Waals surface area contributed by atoms with E-state index in [0.717, 1.165) is 56.1 Å². The molecule has 0 radical (unpaired) electrons. The Morgan fingerprint density at radius 1 is 1.00 bits per heavy atom. The van der Waals surface area contributed by atoms with Gasteiger partial charge in [-0.3, -0.25) is 4.90 Å². The third-order valence-electron chi connectivity index (χ3n) is 6.71. The first-order chi connectivity index (χ1) is 16.6. The van der Waals surface area contributed by atoms with Crippen LogP contribution < -0.4 is 9.47 Å². The van der Waals surface area contributed by atoms with Crippen LogP contribution in [0.25, 0.3) is 10.9 Å². The molecule has 2 aromatic carbocycles. The predicted octanol–water partition coefficient (Wildman–Crippen LogP) is 5.48. The van der Waals surface area contributed by atoms with E-state index in [2.05, 4.69) is 28.3 Å². The van der Waals surface area contributed by atoms with Crippen molar-refractivity contribution in [3.63, 3.8) is 0 Å². The zero-order valence-corrected chi connectivity index (χ0v) is 20.6. The summed E-state index contributed by atoms with van der Waals surface area (Å²) in [5.74, 6) is 1.84. The van der Waals surface area contributed by atoms with Gasteiger partial charge in [0.05, 0.1) is 24.1 Å². The van der Waals surface area contributed by atoms with Crippen molar-refractivity contribution in [2.24, 2.45) is 0 Å². The van der Waals surface area contributed by atoms with Crippen molar-refractivity contribution >= 4 is 22.9 Å². The standard InChI is InChI=1S/C26H31FN4O2S/c1-18(30-13-15-31(16-14-30)34-22-10-8-20(32-2)9-11-22)25-28-24-12-7-19(27)17-23(24)26(29-25)33-21-5-3-4-6-21/h7-12,17-18,21H,3-6,13-16H2,1-2H3. The number of benzene rings is 2. The second-order valence-electron chi connectivity index (χ2n) is 8.98. The molecule has 0 spiro atoms. The molecule has 8 heteroatoms. The Morgan fingerprint density at radius 2 is 1.74 bits per heavy atom. The number of methoxy groups -OCH3 is 1. The fourth-order valence-corrected chi connectivity index (χ4v) is 5.56. The molecule has 34 heavy (non-hydrogen) atoms. The molecular formula is C26H31FN4O2S. The maximum Gasteiger partial charge on any atom is 0.225 e. The number of hydrogen-bond acceptors (Lipinski definition) is 7. The Hall–Kier alpha value is -2.42. The van der Waals surface area contributed by atoms with Crippen molar-refractivity contribution in [3.8, 4) is 11.6 Å². The first-order valence-corrected chi connectivity index (χ1v) is 12.8. The summed E-state index contributed by atoms with van der Waals surface area (Å²) in [6.45, 7) is 5.90. The molecule has 2 aliphatic rings. The number of nitrogens with zero attached hydrogens (tertiary/aromatic N) is 4. The van der Waals surface area contributed by atoms with Gasteiger partial charge in [-0.2, -0.15) is 4.98 Å². The van der Waals surface area contributed by atoms with Gasteiger partial charge in [0.2, 0.25) is 5.88 Å². The van der Waals surface area contributed by atoms with Gasteiger partial charge in [-0.05, 0) is 87.0 Å². The number of halogens is 1. The molecule has 1 aliphatic carbocycles. The first-order valence-electron chi connectivity index (χ1n) is 12.0. The van der Waals surface area contributed by atoms with E-state index in [1.165, 1.54) is 29.9 Å². The maximum absolute atomic E-state index is 14.0. The number of aromatic nitrogens is 2. The molecule has 0 bridgehead atoms. The molecule has 1 aromatic heterocycles. The van der Waals surface area contributed by atoms with Crippen molar-refractivity contribution in [1.82, 2.24) is 19.2 Å². The molecule has 0 N–H and O–H groups in total. The largest absolute Gasteiger partial charge is 0.497 e. The minimum absolute atomic E-state index is 0.0496. The van der Waals surface area contributed by atoms with Crippen LogP contribution in [0.15, 0.2) is 47.4 Å². The number of rotatable bonds is 7. The molecule has 2 fully saturated rings. The number of piperazine rings is 1. The second-order valence-corrected chi connectivity index (χ2v) is 10.2. The van der Waals surface area contributed by atoms with Crippen molar-refractivity contribution in [3.05, 3.63) is 54.1 Å². The van der Waals surface area contributed by atoms with E-state index in [-0.39, 0.29) is 18.0 Å². The zero-order valence-electron chi connectivity index (χ0n) is 19.7. The van der Waals surface area contributed by atoms with Gasteiger partial charge in [0.25, 0.3) is 0 Å². The lowest BCUT2D eigenvalue weighted by Crippen LogP contribution is -2.44. The number of hydrogen-bond donors (Lipinski definition) is 0. The van der Waals surface area contributed by atoms with Crippen LogP contribution in [0, 0.1) is 5.82 Å². The molecule has 1 saturated heterocycles. The molecule has 6 nitrogen and oxygen atoms in total. The van der Waals surface area contributed by atoms with E-state index < -0.39 is 0 Å². The lowest BCUT2D eigenvalue weighted by Gasteiger charge is -2.36. The lowest BCUT2D eigenvalue weighted by atomic mass is 10.2. The normalized spacial score (nSPS) is 18.9. The minimum atomic E-state index is -0.293. The van der Waals surface area contributed by atoms with Crippen LogP contribution in [0.1, 0.15) is 44.5 Å². The van der Waals surface area contributed by atoms with Crippen LogP contribution in [-0.2, 0) is 0 Å². The molecule has 1 aliphatic heterocycles. The summed E-state index contributed by atoms with van der Waals surface area (Å²) < 4.78 is 27.9. The third kappa shape index (κ3) is 5.29. The Balaban J connectivity index is 1.28. The molecule has 0 amide bonds. The molecule has 2 heterocycles. The average Bonchev–Trinajstić information content (AvgIpc) is 3.38. The quantitative estimate of drug-likeness (QED) is 0.413. The van der Waals surface area contributed by atoms with E-state index in [0.29, 0.717) is 11.3 Å². The summed E-state index contributed by atoms with van der Waals surface area (Å²) in [6, 6.07) is 12.9. The van der Waals surface area contributed by atoms with Gasteiger partial charge in [0.15, 0.2) is 0 Å². The Bertz CT molecular complexity index is 1120. The van der Waals surface area contributed by atoms with Crippen molar-refractivity contribution in [2.75, 3.05) is 33.3 Å². The number of ether oxygens (including phenoxy) is 2. The summed E-state index contributed by atoms with van der Waals surface area (Å²) in [7, 11) is 1.68. The van der Waals surface area contributed by atoms with Crippen molar-refractivity contribution in [2.45, 2.75) is 49.6 Å². The summed E-state index contributed by atoms with van der Waals surface area (Å²) in [5, 5.41) is 0.656. The zero-order chi connectivity index (χ0) is 23.5.